The predicted molar refractivity (Wildman–Crippen MR) is 64.1 cm³/mol. The summed E-state index contributed by atoms with van der Waals surface area (Å²) < 4.78 is 2.31. The van der Waals surface area contributed by atoms with Crippen LogP contribution in [-0.2, 0) is 0 Å². The fourth-order valence-electron chi connectivity index (χ4n) is 2.24. The van der Waals surface area contributed by atoms with Crippen LogP contribution in [0.4, 0.5) is 0 Å². The van der Waals surface area contributed by atoms with E-state index in [0.717, 1.165) is 5.52 Å². The maximum absolute atomic E-state index is 4.11. The second-order valence-electron chi connectivity index (χ2n) is 4.11. The molecule has 2 heterocycles. The van der Waals surface area contributed by atoms with E-state index in [4.69, 9.17) is 0 Å². The fraction of sp³-hybridized carbons (Fsp3) is 0.250. The monoisotopic (exact) mass is 201 g/mol. The van der Waals surface area contributed by atoms with Crippen molar-refractivity contribution in [3.05, 3.63) is 30.5 Å². The van der Waals surface area contributed by atoms with Crippen molar-refractivity contribution in [2.45, 2.75) is 19.9 Å². The second kappa shape index (κ2) is 2.86. The van der Waals surface area contributed by atoms with Crippen LogP contribution in [0.1, 0.15) is 21.3 Å². The van der Waals surface area contributed by atoms with Crippen LogP contribution >= 0.6 is 0 Å². The Balaban J connectivity index is 0.000000963. The zero-order valence-electron chi connectivity index (χ0n) is 8.86. The fourth-order valence-corrected chi connectivity index (χ4v) is 2.24. The van der Waals surface area contributed by atoms with Gasteiger partial charge in [0, 0.05) is 12.9 Å². The molecule has 0 fully saturated rings. The lowest BCUT2D eigenvalue weighted by molar-refractivity contribution is 0.642. The minimum atomic E-state index is 0. The normalized spacial score (nSPS) is 11.9. The van der Waals surface area contributed by atoms with Crippen molar-refractivity contribution in [2.24, 2.45) is 0 Å². The summed E-state index contributed by atoms with van der Waals surface area (Å²) in [6, 6.07) is 8.88. The van der Waals surface area contributed by atoms with Crippen molar-refractivity contribution in [2.75, 3.05) is 0 Å². The first-order valence-corrected chi connectivity index (χ1v) is 5.21. The molecule has 0 bridgehead atoms. The van der Waals surface area contributed by atoms with Crippen LogP contribution in [0.3, 0.4) is 0 Å². The smallest absolute Gasteiger partial charge is 0.0908 e. The standard InChI is InChI=1S/C12H13N3.H2/c1-8(2)15-10-6-4-3-5-9(10)12-11(15)7-13-14-12;/h3-8H,1-2H3,(H,13,14);1H. The number of hydrogen-bond acceptors (Lipinski definition) is 1. The molecule has 15 heavy (non-hydrogen) atoms. The molecule has 0 radical (unpaired) electrons. The third kappa shape index (κ3) is 1.03. The molecule has 0 amide bonds. The van der Waals surface area contributed by atoms with Crippen molar-refractivity contribution in [3.8, 4) is 0 Å². The van der Waals surface area contributed by atoms with Gasteiger partial charge in [-0.05, 0) is 19.9 Å². The molecule has 0 unspecified atom stereocenters. The molecule has 1 aromatic carbocycles. The van der Waals surface area contributed by atoms with E-state index in [1.54, 1.807) is 0 Å². The Morgan fingerprint density at radius 2 is 2.07 bits per heavy atom. The van der Waals surface area contributed by atoms with Crippen LogP contribution in [0.25, 0.3) is 21.9 Å². The lowest BCUT2D eigenvalue weighted by Gasteiger charge is -2.09. The molecule has 0 saturated carbocycles. The highest BCUT2D eigenvalue weighted by atomic mass is 15.1. The second-order valence-corrected chi connectivity index (χ2v) is 4.11. The minimum Gasteiger partial charge on any atom is -0.335 e. The summed E-state index contributed by atoms with van der Waals surface area (Å²) in [7, 11) is 0. The molecule has 3 rings (SSSR count). The predicted octanol–water partition coefficient (Wildman–Crippen LogP) is 3.34. The van der Waals surface area contributed by atoms with E-state index in [0.29, 0.717) is 6.04 Å². The Kier molecular flexibility index (Phi) is 1.63. The summed E-state index contributed by atoms with van der Waals surface area (Å²) in [6.07, 6.45) is 1.90. The van der Waals surface area contributed by atoms with Crippen molar-refractivity contribution < 1.29 is 1.43 Å². The lowest BCUT2D eigenvalue weighted by Crippen LogP contribution is -1.98. The van der Waals surface area contributed by atoms with E-state index in [-0.39, 0.29) is 1.43 Å². The first-order valence-electron chi connectivity index (χ1n) is 5.21. The average Bonchev–Trinajstić information content (AvgIpc) is 2.75. The van der Waals surface area contributed by atoms with Crippen LogP contribution in [0.2, 0.25) is 0 Å². The molecule has 0 aliphatic rings. The Hall–Kier alpha value is -1.77. The zero-order chi connectivity index (χ0) is 10.4. The third-order valence-electron chi connectivity index (χ3n) is 2.83. The van der Waals surface area contributed by atoms with Gasteiger partial charge in [-0.3, -0.25) is 5.10 Å². The van der Waals surface area contributed by atoms with E-state index < -0.39 is 0 Å². The highest BCUT2D eigenvalue weighted by Gasteiger charge is 2.12. The number of rotatable bonds is 1. The van der Waals surface area contributed by atoms with Crippen molar-refractivity contribution in [1.29, 1.82) is 0 Å². The number of aromatic amines is 1. The molecule has 1 N–H and O–H groups in total. The first kappa shape index (κ1) is 8.53. The van der Waals surface area contributed by atoms with E-state index in [1.807, 2.05) is 6.20 Å². The number of nitrogens with zero attached hydrogens (tertiary/aromatic N) is 2. The van der Waals surface area contributed by atoms with Gasteiger partial charge in [0.05, 0.1) is 22.7 Å². The number of nitrogens with one attached hydrogen (secondary N) is 1. The van der Waals surface area contributed by atoms with Crippen LogP contribution in [0.15, 0.2) is 30.5 Å². The van der Waals surface area contributed by atoms with Gasteiger partial charge in [-0.2, -0.15) is 5.10 Å². The third-order valence-corrected chi connectivity index (χ3v) is 2.83. The van der Waals surface area contributed by atoms with Gasteiger partial charge in [0.2, 0.25) is 0 Å². The van der Waals surface area contributed by atoms with Gasteiger partial charge in [-0.25, -0.2) is 0 Å². The summed E-state index contributed by atoms with van der Waals surface area (Å²) in [5, 5.41) is 8.42. The van der Waals surface area contributed by atoms with Crippen molar-refractivity contribution in [3.63, 3.8) is 0 Å². The van der Waals surface area contributed by atoms with Gasteiger partial charge in [-0.1, -0.05) is 18.2 Å². The van der Waals surface area contributed by atoms with E-state index >= 15 is 0 Å². The molecule has 0 atom stereocenters. The van der Waals surface area contributed by atoms with Crippen LogP contribution in [0.5, 0.6) is 0 Å². The Morgan fingerprint density at radius 3 is 2.87 bits per heavy atom. The number of H-pyrrole nitrogens is 1. The molecule has 3 aromatic rings. The quantitative estimate of drug-likeness (QED) is 0.643. The van der Waals surface area contributed by atoms with Gasteiger partial charge in [0.15, 0.2) is 0 Å². The number of para-hydroxylation sites is 1. The molecular formula is C12H15N3. The summed E-state index contributed by atoms with van der Waals surface area (Å²) in [5.74, 6) is 0. The van der Waals surface area contributed by atoms with Gasteiger partial charge < -0.3 is 4.57 Å². The first-order chi connectivity index (χ1) is 7.29. The molecule has 3 heteroatoms. The number of aromatic nitrogens is 3. The van der Waals surface area contributed by atoms with Crippen LogP contribution in [-0.4, -0.2) is 14.8 Å². The van der Waals surface area contributed by atoms with E-state index in [9.17, 15) is 0 Å². The lowest BCUT2D eigenvalue weighted by atomic mass is 10.2. The number of hydrogen-bond donors (Lipinski definition) is 1. The molecule has 0 spiro atoms. The minimum absolute atomic E-state index is 0. The zero-order valence-corrected chi connectivity index (χ0v) is 8.86. The van der Waals surface area contributed by atoms with Gasteiger partial charge >= 0.3 is 0 Å². The van der Waals surface area contributed by atoms with E-state index in [2.05, 4.69) is 52.9 Å². The maximum atomic E-state index is 4.11. The summed E-state index contributed by atoms with van der Waals surface area (Å²) in [5.41, 5.74) is 3.60. The average molecular weight is 201 g/mol. The van der Waals surface area contributed by atoms with E-state index in [1.165, 1.54) is 16.4 Å². The Morgan fingerprint density at radius 1 is 1.27 bits per heavy atom. The molecule has 78 valence electrons. The summed E-state index contributed by atoms with van der Waals surface area (Å²) >= 11 is 0. The maximum Gasteiger partial charge on any atom is 0.0908 e. The SMILES string of the molecule is CC(C)n1c2ccccc2c2[nH]ncc21.[HH]. The Bertz CT molecular complexity index is 621. The van der Waals surface area contributed by atoms with Gasteiger partial charge in [-0.15, -0.1) is 0 Å². The molecule has 3 nitrogen and oxygen atoms in total. The van der Waals surface area contributed by atoms with Crippen molar-refractivity contribution in [1.82, 2.24) is 14.8 Å². The summed E-state index contributed by atoms with van der Waals surface area (Å²) in [6.45, 7) is 4.39. The summed E-state index contributed by atoms with van der Waals surface area (Å²) in [4.78, 5) is 0. The molecule has 0 aliphatic carbocycles. The molecular weight excluding hydrogens is 186 g/mol. The molecule has 2 aromatic heterocycles. The largest absolute Gasteiger partial charge is 0.335 e. The van der Waals surface area contributed by atoms with Gasteiger partial charge in [0.1, 0.15) is 0 Å². The highest BCUT2D eigenvalue weighted by Crippen LogP contribution is 2.29. The highest BCUT2D eigenvalue weighted by molar-refractivity contribution is 6.05. The number of fused-ring (bicyclic) bond motifs is 3. The molecule has 0 saturated heterocycles. The van der Waals surface area contributed by atoms with Crippen LogP contribution in [0, 0.1) is 0 Å². The molecule has 0 aliphatic heterocycles. The Labute approximate surface area is 89.2 Å². The van der Waals surface area contributed by atoms with Crippen molar-refractivity contribution >= 4 is 21.9 Å². The van der Waals surface area contributed by atoms with Gasteiger partial charge in [0.25, 0.3) is 0 Å². The number of benzene rings is 1. The van der Waals surface area contributed by atoms with Crippen LogP contribution < -0.4 is 0 Å². The topological polar surface area (TPSA) is 33.6 Å².